The van der Waals surface area contributed by atoms with E-state index in [0.29, 0.717) is 11.3 Å². The smallest absolute Gasteiger partial charge is 0.336 e. The van der Waals surface area contributed by atoms with Crippen LogP contribution in [-0.2, 0) is 14.6 Å². The largest absolute Gasteiger partial charge is 0.408 e. The van der Waals surface area contributed by atoms with Crippen molar-refractivity contribution in [3.05, 3.63) is 41.7 Å². The van der Waals surface area contributed by atoms with E-state index in [0.717, 1.165) is 5.56 Å². The summed E-state index contributed by atoms with van der Waals surface area (Å²) in [5.74, 6) is -0.964. The second kappa shape index (κ2) is 6.48. The Bertz CT molecular complexity index is 1020. The van der Waals surface area contributed by atoms with Crippen molar-refractivity contribution in [3.8, 4) is 11.5 Å². The second-order valence-corrected chi connectivity index (χ2v) is 7.24. The Kier molecular flexibility index (Phi) is 4.36. The molecule has 0 spiro atoms. The van der Waals surface area contributed by atoms with E-state index in [1.165, 1.54) is 6.07 Å². The molecule has 0 unspecified atom stereocenters. The highest BCUT2D eigenvalue weighted by atomic mass is 32.2. The number of aryl methyl sites for hydroxylation is 2. The summed E-state index contributed by atoms with van der Waals surface area (Å²) < 4.78 is 34.5. The summed E-state index contributed by atoms with van der Waals surface area (Å²) in [4.78, 5) is 11.9. The van der Waals surface area contributed by atoms with Gasteiger partial charge in [-0.2, -0.15) is 0 Å². The summed E-state index contributed by atoms with van der Waals surface area (Å²) in [5.41, 5.74) is 1.55. The quantitative estimate of drug-likeness (QED) is 0.727. The molecular formula is C15H14N4O5S. The fraction of sp³-hybridized carbons (Fsp3) is 0.200. The molecular weight excluding hydrogens is 348 g/mol. The molecule has 0 saturated carbocycles. The Morgan fingerprint density at radius 1 is 1.20 bits per heavy atom. The summed E-state index contributed by atoms with van der Waals surface area (Å²) >= 11 is 0. The lowest BCUT2D eigenvalue weighted by Gasteiger charge is -2.00. The van der Waals surface area contributed by atoms with E-state index < -0.39 is 26.7 Å². The van der Waals surface area contributed by atoms with Crippen molar-refractivity contribution in [3.63, 3.8) is 0 Å². The molecule has 2 aromatic heterocycles. The number of carbonyl (C=O) groups is 1. The van der Waals surface area contributed by atoms with E-state index in [2.05, 4.69) is 20.7 Å². The molecule has 0 saturated heterocycles. The van der Waals surface area contributed by atoms with Crippen molar-refractivity contribution < 1.29 is 22.2 Å². The Morgan fingerprint density at radius 2 is 2.00 bits per heavy atom. The zero-order valence-corrected chi connectivity index (χ0v) is 14.2. The summed E-state index contributed by atoms with van der Waals surface area (Å²) in [5, 5.41) is 12.5. The number of hydrogen-bond donors (Lipinski definition) is 1. The molecule has 1 N–H and O–H groups in total. The molecule has 0 aliphatic rings. The van der Waals surface area contributed by atoms with E-state index in [4.69, 9.17) is 8.94 Å². The van der Waals surface area contributed by atoms with Crippen LogP contribution in [0.1, 0.15) is 11.3 Å². The van der Waals surface area contributed by atoms with E-state index >= 15 is 0 Å². The Morgan fingerprint density at radius 3 is 2.68 bits per heavy atom. The predicted molar refractivity (Wildman–Crippen MR) is 86.4 cm³/mol. The maximum Gasteiger partial charge on any atom is 0.336 e. The van der Waals surface area contributed by atoms with E-state index in [-0.39, 0.29) is 11.7 Å². The fourth-order valence-electron chi connectivity index (χ4n) is 2.07. The number of sulfone groups is 1. The first-order valence-corrected chi connectivity index (χ1v) is 8.85. The van der Waals surface area contributed by atoms with Crippen molar-refractivity contribution in [2.75, 3.05) is 11.1 Å². The average Bonchev–Trinajstić information content (AvgIpc) is 3.16. The number of benzene rings is 1. The average molecular weight is 362 g/mol. The lowest BCUT2D eigenvalue weighted by molar-refractivity contribution is -0.113. The van der Waals surface area contributed by atoms with Crippen LogP contribution in [0.15, 0.2) is 44.5 Å². The van der Waals surface area contributed by atoms with Crippen LogP contribution in [0, 0.1) is 13.8 Å². The number of aromatic nitrogens is 3. The third kappa shape index (κ3) is 3.91. The van der Waals surface area contributed by atoms with Gasteiger partial charge in [-0.25, -0.2) is 8.42 Å². The van der Waals surface area contributed by atoms with Crippen molar-refractivity contribution >= 4 is 21.6 Å². The number of anilines is 1. The minimum absolute atomic E-state index is 0.0646. The van der Waals surface area contributed by atoms with Gasteiger partial charge in [0.25, 0.3) is 0 Å². The van der Waals surface area contributed by atoms with E-state index in [1.807, 2.05) is 13.0 Å². The first-order chi connectivity index (χ1) is 11.8. The third-order valence-electron chi connectivity index (χ3n) is 3.15. The zero-order chi connectivity index (χ0) is 18.0. The van der Waals surface area contributed by atoms with Crippen molar-refractivity contribution in [1.82, 2.24) is 15.4 Å². The van der Waals surface area contributed by atoms with Gasteiger partial charge in [0.2, 0.25) is 21.6 Å². The normalized spacial score (nSPS) is 11.4. The first kappa shape index (κ1) is 16.8. The van der Waals surface area contributed by atoms with Crippen LogP contribution in [-0.4, -0.2) is 35.4 Å². The summed E-state index contributed by atoms with van der Waals surface area (Å²) in [6.45, 7) is 3.53. The molecule has 2 heterocycles. The monoisotopic (exact) mass is 362 g/mol. The minimum Gasteiger partial charge on any atom is -0.408 e. The first-order valence-electron chi connectivity index (χ1n) is 7.20. The topological polar surface area (TPSA) is 128 Å². The summed E-state index contributed by atoms with van der Waals surface area (Å²) in [6, 6.07) is 8.64. The maximum absolute atomic E-state index is 12.2. The molecule has 0 atom stereocenters. The number of rotatable bonds is 5. The molecule has 0 bridgehead atoms. The second-order valence-electron chi connectivity index (χ2n) is 5.37. The molecule has 0 fully saturated rings. The van der Waals surface area contributed by atoms with Crippen molar-refractivity contribution in [2.45, 2.75) is 19.1 Å². The molecule has 1 aromatic carbocycles. The van der Waals surface area contributed by atoms with Gasteiger partial charge >= 0.3 is 5.22 Å². The Balaban J connectivity index is 1.75. The predicted octanol–water partition coefficient (Wildman–Crippen LogP) is 1.75. The molecule has 3 rings (SSSR count). The van der Waals surface area contributed by atoms with Crippen LogP contribution >= 0.6 is 0 Å². The van der Waals surface area contributed by atoms with Crippen LogP contribution in [0.25, 0.3) is 11.5 Å². The van der Waals surface area contributed by atoms with Gasteiger partial charge in [0.15, 0.2) is 5.82 Å². The van der Waals surface area contributed by atoms with Gasteiger partial charge in [-0.05, 0) is 26.0 Å². The Hall–Kier alpha value is -3.01. The molecule has 25 heavy (non-hydrogen) atoms. The van der Waals surface area contributed by atoms with E-state index in [9.17, 15) is 13.2 Å². The molecule has 9 nitrogen and oxygen atoms in total. The summed E-state index contributed by atoms with van der Waals surface area (Å²) in [7, 11) is -4.08. The molecule has 0 aliphatic carbocycles. The molecule has 0 aliphatic heterocycles. The molecule has 3 aromatic rings. The third-order valence-corrected chi connectivity index (χ3v) is 4.49. The van der Waals surface area contributed by atoms with Gasteiger partial charge in [-0.1, -0.05) is 28.0 Å². The van der Waals surface area contributed by atoms with Crippen LogP contribution in [0.5, 0.6) is 0 Å². The highest BCUT2D eigenvalue weighted by molar-refractivity contribution is 7.91. The minimum atomic E-state index is -4.08. The van der Waals surface area contributed by atoms with Crippen LogP contribution in [0.2, 0.25) is 0 Å². The van der Waals surface area contributed by atoms with Crippen LogP contribution in [0.3, 0.4) is 0 Å². The molecule has 130 valence electrons. The van der Waals surface area contributed by atoms with Gasteiger partial charge in [0.1, 0.15) is 11.5 Å². The SMILES string of the molecule is Cc1cccc(-c2nnc(S(=O)(=O)CC(=O)Nc3cc(C)on3)o2)c1. The maximum atomic E-state index is 12.2. The number of amides is 1. The number of nitrogens with zero attached hydrogens (tertiary/aromatic N) is 3. The zero-order valence-electron chi connectivity index (χ0n) is 13.4. The van der Waals surface area contributed by atoms with Crippen LogP contribution < -0.4 is 5.32 Å². The highest BCUT2D eigenvalue weighted by Gasteiger charge is 2.26. The summed E-state index contributed by atoms with van der Waals surface area (Å²) in [6.07, 6.45) is 0. The lowest BCUT2D eigenvalue weighted by Crippen LogP contribution is -2.23. The number of hydrogen-bond acceptors (Lipinski definition) is 8. The fourth-order valence-corrected chi connectivity index (χ4v) is 2.98. The number of nitrogens with one attached hydrogen (secondary N) is 1. The van der Waals surface area contributed by atoms with Gasteiger partial charge < -0.3 is 14.3 Å². The Labute approximate surface area is 143 Å². The van der Waals surface area contributed by atoms with Gasteiger partial charge in [0.05, 0.1) is 0 Å². The van der Waals surface area contributed by atoms with Crippen LogP contribution in [0.4, 0.5) is 5.82 Å². The molecule has 1 amide bonds. The molecule has 0 radical (unpaired) electrons. The van der Waals surface area contributed by atoms with Gasteiger partial charge in [-0.15, -0.1) is 5.10 Å². The molecule has 10 heteroatoms. The number of carbonyl (C=O) groups excluding carboxylic acids is 1. The standard InChI is InChI=1S/C15H14N4O5S/c1-9-4-3-5-11(6-9)14-17-18-15(23-14)25(21,22)8-13(20)16-12-7-10(2)24-19-12/h3-7H,8H2,1-2H3,(H,16,19,20). The van der Waals surface area contributed by atoms with E-state index in [1.54, 1.807) is 25.1 Å². The highest BCUT2D eigenvalue weighted by Crippen LogP contribution is 2.21. The van der Waals surface area contributed by atoms with Crippen molar-refractivity contribution in [2.24, 2.45) is 0 Å². The van der Waals surface area contributed by atoms with Gasteiger partial charge in [0, 0.05) is 11.6 Å². The van der Waals surface area contributed by atoms with Gasteiger partial charge in [-0.3, -0.25) is 4.79 Å². The van der Waals surface area contributed by atoms with Crippen molar-refractivity contribution in [1.29, 1.82) is 0 Å². The lowest BCUT2D eigenvalue weighted by atomic mass is 10.1.